The summed E-state index contributed by atoms with van der Waals surface area (Å²) < 4.78 is 18.8. The van der Waals surface area contributed by atoms with Gasteiger partial charge in [-0.25, -0.2) is 0 Å². The molecule has 0 radical (unpaired) electrons. The molecule has 0 aromatic heterocycles. The van der Waals surface area contributed by atoms with Crippen LogP contribution in [-0.4, -0.2) is 19.8 Å². The van der Waals surface area contributed by atoms with Gasteiger partial charge in [-0.1, -0.05) is 87.3 Å². The zero-order valence-electron chi connectivity index (χ0n) is 31.3. The van der Waals surface area contributed by atoms with Gasteiger partial charge in [0, 0.05) is 4.47 Å². The van der Waals surface area contributed by atoms with Gasteiger partial charge in [-0.2, -0.15) is 0 Å². The minimum absolute atomic E-state index is 0.231. The largest absolute Gasteiger partial charge is 0.369 e. The standard InChI is InChI=1S/2C15H20O.C14H17BrO/c2*1-10-5-6-15(16-9-10)14-7-11(2)13(4)12(3)8-14;1-9-4-5-13(16-8-9)12-6-10(2)14(15)11(3)7-12/h2*5,7-8,15H,6,9H2,1-4H3;4,6-7,13H,5,8H2,1-3H3. The molecule has 258 valence electrons. The Kier molecular flexibility index (Phi) is 13.7. The Labute approximate surface area is 299 Å². The van der Waals surface area contributed by atoms with Crippen molar-refractivity contribution in [3.63, 3.8) is 0 Å². The highest BCUT2D eigenvalue weighted by molar-refractivity contribution is 9.10. The molecule has 3 aromatic rings. The highest BCUT2D eigenvalue weighted by Crippen LogP contribution is 2.33. The van der Waals surface area contributed by atoms with Gasteiger partial charge >= 0.3 is 0 Å². The summed E-state index contributed by atoms with van der Waals surface area (Å²) in [6.45, 7) is 26.0. The number of rotatable bonds is 3. The molecular weight excluding hydrogens is 656 g/mol. The van der Waals surface area contributed by atoms with E-state index in [1.807, 2.05) is 0 Å². The van der Waals surface area contributed by atoms with Crippen LogP contribution in [0.2, 0.25) is 0 Å². The first-order chi connectivity index (χ1) is 22.7. The highest BCUT2D eigenvalue weighted by Gasteiger charge is 2.18. The third-order valence-corrected chi connectivity index (χ3v) is 11.3. The molecule has 3 heterocycles. The van der Waals surface area contributed by atoms with Crippen molar-refractivity contribution in [3.05, 3.63) is 137 Å². The van der Waals surface area contributed by atoms with Gasteiger partial charge in [0.2, 0.25) is 0 Å². The van der Waals surface area contributed by atoms with E-state index in [4.69, 9.17) is 14.2 Å². The van der Waals surface area contributed by atoms with E-state index in [1.54, 1.807) is 0 Å². The topological polar surface area (TPSA) is 27.7 Å². The minimum Gasteiger partial charge on any atom is -0.369 e. The molecule has 0 spiro atoms. The first-order valence-corrected chi connectivity index (χ1v) is 18.3. The number of hydrogen-bond acceptors (Lipinski definition) is 3. The average Bonchev–Trinajstić information content (AvgIpc) is 3.06. The monoisotopic (exact) mass is 712 g/mol. The second-order valence-electron chi connectivity index (χ2n) is 14.3. The lowest BCUT2D eigenvalue weighted by atomic mass is 9.95. The molecule has 3 nitrogen and oxygen atoms in total. The van der Waals surface area contributed by atoms with E-state index in [9.17, 15) is 0 Å². The average molecular weight is 714 g/mol. The van der Waals surface area contributed by atoms with Crippen LogP contribution in [-0.2, 0) is 14.2 Å². The van der Waals surface area contributed by atoms with Crippen molar-refractivity contribution < 1.29 is 14.2 Å². The first-order valence-electron chi connectivity index (χ1n) is 17.5. The lowest BCUT2D eigenvalue weighted by Crippen LogP contribution is -2.11. The Hall–Kier alpha value is -2.76. The Morgan fingerprint density at radius 2 is 0.667 bits per heavy atom. The number of benzene rings is 3. The zero-order valence-corrected chi connectivity index (χ0v) is 32.9. The summed E-state index contributed by atoms with van der Waals surface area (Å²) in [5, 5.41) is 0. The smallest absolute Gasteiger partial charge is 0.0864 e. The van der Waals surface area contributed by atoms with Crippen molar-refractivity contribution >= 4 is 15.9 Å². The maximum atomic E-state index is 5.86. The normalized spacial score (nSPS) is 20.8. The number of halogens is 1. The molecule has 0 saturated heterocycles. The third-order valence-electron chi connectivity index (χ3n) is 10.1. The Morgan fingerprint density at radius 3 is 0.896 bits per heavy atom. The van der Waals surface area contributed by atoms with Gasteiger partial charge in [-0.05, 0) is 157 Å². The van der Waals surface area contributed by atoms with Crippen molar-refractivity contribution in [2.75, 3.05) is 19.8 Å². The van der Waals surface area contributed by atoms with Crippen molar-refractivity contribution in [1.29, 1.82) is 0 Å². The molecule has 3 aromatic carbocycles. The summed E-state index contributed by atoms with van der Waals surface area (Å²) >= 11 is 3.59. The van der Waals surface area contributed by atoms with Gasteiger partial charge < -0.3 is 14.2 Å². The Bertz CT molecular complexity index is 1420. The predicted molar refractivity (Wildman–Crippen MR) is 206 cm³/mol. The van der Waals surface area contributed by atoms with Crippen LogP contribution >= 0.6 is 15.9 Å². The maximum absolute atomic E-state index is 5.86. The van der Waals surface area contributed by atoms with Gasteiger partial charge in [-0.3, -0.25) is 0 Å². The molecule has 0 fully saturated rings. The van der Waals surface area contributed by atoms with Crippen LogP contribution in [0.1, 0.15) is 120 Å². The molecule has 0 N–H and O–H groups in total. The summed E-state index contributed by atoms with van der Waals surface area (Å²) in [7, 11) is 0. The van der Waals surface area contributed by atoms with Crippen LogP contribution in [0, 0.1) is 55.4 Å². The lowest BCUT2D eigenvalue weighted by Gasteiger charge is -2.23. The molecule has 0 bridgehead atoms. The van der Waals surface area contributed by atoms with Crippen molar-refractivity contribution in [2.45, 2.75) is 114 Å². The van der Waals surface area contributed by atoms with Crippen LogP contribution in [0.3, 0.4) is 0 Å². The van der Waals surface area contributed by atoms with Gasteiger partial charge in [0.15, 0.2) is 0 Å². The molecule has 0 amide bonds. The molecule has 3 aliphatic rings. The minimum atomic E-state index is 0.231. The van der Waals surface area contributed by atoms with Crippen LogP contribution < -0.4 is 0 Å². The van der Waals surface area contributed by atoms with E-state index >= 15 is 0 Å². The fourth-order valence-electron chi connectivity index (χ4n) is 6.37. The molecule has 0 aliphatic carbocycles. The van der Waals surface area contributed by atoms with Crippen molar-refractivity contribution in [1.82, 2.24) is 0 Å². The van der Waals surface area contributed by atoms with Crippen molar-refractivity contribution in [2.24, 2.45) is 0 Å². The van der Waals surface area contributed by atoms with Gasteiger partial charge in [0.05, 0.1) is 38.1 Å². The Balaban J connectivity index is 0.000000163. The van der Waals surface area contributed by atoms with Gasteiger partial charge in [-0.15, -0.1) is 0 Å². The second-order valence-corrected chi connectivity index (χ2v) is 15.1. The highest BCUT2D eigenvalue weighted by atomic mass is 79.9. The Morgan fingerprint density at radius 1 is 0.417 bits per heavy atom. The zero-order chi connectivity index (χ0) is 35.1. The molecule has 6 rings (SSSR count). The molecule has 48 heavy (non-hydrogen) atoms. The molecule has 3 unspecified atom stereocenters. The summed E-state index contributed by atoms with van der Waals surface area (Å²) in [4.78, 5) is 0. The summed E-state index contributed by atoms with van der Waals surface area (Å²) in [6.07, 6.45) is 10.6. The maximum Gasteiger partial charge on any atom is 0.0864 e. The molecule has 4 heteroatoms. The van der Waals surface area contributed by atoms with Crippen LogP contribution in [0.5, 0.6) is 0 Å². The fourth-order valence-corrected chi connectivity index (χ4v) is 6.60. The summed E-state index contributed by atoms with van der Waals surface area (Å²) in [6, 6.07) is 13.5. The predicted octanol–water partition coefficient (Wildman–Crippen LogP) is 12.5. The van der Waals surface area contributed by atoms with E-state index < -0.39 is 0 Å². The van der Waals surface area contributed by atoms with Crippen LogP contribution in [0.4, 0.5) is 0 Å². The van der Waals surface area contributed by atoms with Crippen LogP contribution in [0.15, 0.2) is 75.8 Å². The third kappa shape index (κ3) is 10.1. The second kappa shape index (κ2) is 17.3. The van der Waals surface area contributed by atoms with Crippen LogP contribution in [0.25, 0.3) is 0 Å². The van der Waals surface area contributed by atoms with Gasteiger partial charge in [0.1, 0.15) is 0 Å². The van der Waals surface area contributed by atoms with E-state index in [1.165, 1.54) is 82.4 Å². The fraction of sp³-hybridized carbons (Fsp3) is 0.455. The van der Waals surface area contributed by atoms with E-state index in [0.717, 1.165) is 39.1 Å². The number of hydrogen-bond donors (Lipinski definition) is 0. The number of aryl methyl sites for hydroxylation is 6. The molecule has 0 saturated carbocycles. The van der Waals surface area contributed by atoms with Gasteiger partial charge in [0.25, 0.3) is 0 Å². The number of ether oxygens (including phenoxy) is 3. The summed E-state index contributed by atoms with van der Waals surface area (Å²) in [5.41, 5.74) is 18.8. The van der Waals surface area contributed by atoms with E-state index in [-0.39, 0.29) is 18.3 Å². The molecular formula is C44H57BrO3. The SMILES string of the molecule is CC1=CCC(c2cc(C)c(Br)c(C)c2)OC1.CC1=CCC(c2cc(C)c(C)c(C)c2)OC1.CC1=CCC(c2cc(C)c(C)c(C)c2)OC1. The summed E-state index contributed by atoms with van der Waals surface area (Å²) in [5.74, 6) is 0. The first kappa shape index (κ1) is 38.0. The quantitative estimate of drug-likeness (QED) is 0.253. The lowest BCUT2D eigenvalue weighted by molar-refractivity contribution is 0.0615. The molecule has 3 aliphatic heterocycles. The van der Waals surface area contributed by atoms with E-state index in [2.05, 4.69) is 147 Å². The molecule has 3 atom stereocenters. The van der Waals surface area contributed by atoms with Crippen molar-refractivity contribution in [3.8, 4) is 0 Å². The van der Waals surface area contributed by atoms with E-state index in [0.29, 0.717) is 0 Å².